The Morgan fingerprint density at radius 3 is 2.41 bits per heavy atom. The van der Waals surface area contributed by atoms with Crippen LogP contribution in [0.1, 0.15) is 33.9 Å². The first-order valence-electron chi connectivity index (χ1n) is 8.73. The largest absolute Gasteiger partial charge is 0.416 e. The molecule has 9 heteroatoms. The van der Waals surface area contributed by atoms with E-state index >= 15 is 0 Å². The van der Waals surface area contributed by atoms with Gasteiger partial charge in [-0.15, -0.1) is 11.3 Å². The van der Waals surface area contributed by atoms with Crippen LogP contribution in [0.4, 0.5) is 13.2 Å². The number of hydrogen-bond acceptors (Lipinski definition) is 4. The Hall–Kier alpha value is -2.94. The second-order valence-electron chi connectivity index (χ2n) is 6.46. The summed E-state index contributed by atoms with van der Waals surface area (Å²) in [5.41, 5.74) is 0.0676. The number of nitrogens with zero attached hydrogens (tertiary/aromatic N) is 2. The fraction of sp³-hybridized carbons (Fsp3) is 0.250. The maximum Gasteiger partial charge on any atom is 0.416 e. The fourth-order valence-electron chi connectivity index (χ4n) is 2.64. The van der Waals surface area contributed by atoms with Gasteiger partial charge in [-0.1, -0.05) is 12.1 Å². The lowest BCUT2D eigenvalue weighted by Crippen LogP contribution is -2.39. The maximum atomic E-state index is 12.6. The first-order valence-corrected chi connectivity index (χ1v) is 9.55. The van der Waals surface area contributed by atoms with Crippen molar-refractivity contribution in [3.8, 4) is 0 Å². The van der Waals surface area contributed by atoms with Crippen molar-refractivity contribution < 1.29 is 22.8 Å². The van der Waals surface area contributed by atoms with Crippen LogP contribution in [-0.2, 0) is 11.0 Å². The van der Waals surface area contributed by atoms with Crippen LogP contribution in [-0.4, -0.2) is 35.3 Å². The van der Waals surface area contributed by atoms with Gasteiger partial charge < -0.3 is 10.2 Å². The molecule has 1 N–H and O–H groups in total. The van der Waals surface area contributed by atoms with Crippen molar-refractivity contribution >= 4 is 33.4 Å². The minimum atomic E-state index is -4.47. The number of thiazole rings is 1. The van der Waals surface area contributed by atoms with E-state index in [2.05, 4.69) is 10.3 Å². The number of nitrogens with one attached hydrogen (secondary N) is 1. The third-order valence-corrected chi connectivity index (χ3v) is 5.72. The highest BCUT2D eigenvalue weighted by Crippen LogP contribution is 2.30. The van der Waals surface area contributed by atoms with Crippen molar-refractivity contribution in [2.24, 2.45) is 0 Å². The summed E-state index contributed by atoms with van der Waals surface area (Å²) in [5, 5.41) is 3.22. The molecule has 152 valence electrons. The minimum absolute atomic E-state index is 0.0488. The molecule has 1 heterocycles. The Morgan fingerprint density at radius 1 is 1.14 bits per heavy atom. The monoisotopic (exact) mass is 421 g/mol. The van der Waals surface area contributed by atoms with Gasteiger partial charge >= 0.3 is 6.18 Å². The van der Waals surface area contributed by atoms with Crippen molar-refractivity contribution in [1.29, 1.82) is 0 Å². The van der Waals surface area contributed by atoms with Crippen LogP contribution in [0.15, 0.2) is 48.5 Å². The van der Waals surface area contributed by atoms with Crippen molar-refractivity contribution in [3.05, 3.63) is 64.7 Å². The van der Waals surface area contributed by atoms with Crippen LogP contribution in [0.2, 0.25) is 0 Å². The highest BCUT2D eigenvalue weighted by atomic mass is 32.1. The molecule has 0 fully saturated rings. The summed E-state index contributed by atoms with van der Waals surface area (Å²) in [6.07, 6.45) is -4.47. The second-order valence-corrected chi connectivity index (χ2v) is 7.52. The SMILES string of the molecule is C[C@H](c1nc2ccccc2s1)N(C)C(=O)CNC(=O)c1ccc(C(F)(F)F)cc1. The predicted octanol–water partition coefficient (Wildman–Crippen LogP) is 4.26. The number of rotatable bonds is 5. The summed E-state index contributed by atoms with van der Waals surface area (Å²) in [6.45, 7) is 1.57. The van der Waals surface area contributed by atoms with Crippen LogP contribution in [0.25, 0.3) is 10.2 Å². The molecule has 0 unspecified atom stereocenters. The normalized spacial score (nSPS) is 12.6. The average molecular weight is 421 g/mol. The van der Waals surface area contributed by atoms with Gasteiger partial charge in [-0.2, -0.15) is 13.2 Å². The first kappa shape index (κ1) is 20.8. The number of para-hydroxylation sites is 1. The van der Waals surface area contributed by atoms with Gasteiger partial charge in [0, 0.05) is 12.6 Å². The standard InChI is InChI=1S/C20H18F3N3O2S/c1-12(19-25-15-5-3-4-6-16(15)29-19)26(2)17(27)11-24-18(28)13-7-9-14(10-8-13)20(21,22)23/h3-10,12H,11H2,1-2H3,(H,24,28)/t12-/m1/s1. The number of alkyl halides is 3. The Kier molecular flexibility index (Phi) is 5.88. The Bertz CT molecular complexity index is 998. The Morgan fingerprint density at radius 2 is 1.79 bits per heavy atom. The molecular formula is C20H18F3N3O2S. The van der Waals surface area contributed by atoms with Gasteiger partial charge in [0.05, 0.1) is 28.4 Å². The lowest BCUT2D eigenvalue weighted by molar-refractivity contribution is -0.137. The molecule has 3 aromatic rings. The molecule has 3 rings (SSSR count). The number of carbonyl (C=O) groups is 2. The van der Waals surface area contributed by atoms with Crippen LogP contribution in [0.5, 0.6) is 0 Å². The van der Waals surface area contributed by atoms with E-state index in [-0.39, 0.29) is 24.1 Å². The summed E-state index contributed by atoms with van der Waals surface area (Å²) < 4.78 is 38.8. The van der Waals surface area contributed by atoms with E-state index in [1.165, 1.54) is 16.2 Å². The van der Waals surface area contributed by atoms with Crippen LogP contribution in [0.3, 0.4) is 0 Å². The van der Waals surface area contributed by atoms with E-state index in [9.17, 15) is 22.8 Å². The molecule has 0 aliphatic heterocycles. The molecule has 2 amide bonds. The van der Waals surface area contributed by atoms with Gasteiger partial charge in [-0.05, 0) is 43.3 Å². The number of likely N-dealkylation sites (N-methyl/N-ethyl adjacent to an activating group) is 1. The summed E-state index contributed by atoms with van der Waals surface area (Å²) in [7, 11) is 1.61. The van der Waals surface area contributed by atoms with Gasteiger partial charge in [0.2, 0.25) is 5.91 Å². The van der Waals surface area contributed by atoms with E-state index in [4.69, 9.17) is 0 Å². The number of halogens is 3. The van der Waals surface area contributed by atoms with Crippen LogP contribution >= 0.6 is 11.3 Å². The molecule has 0 saturated heterocycles. The molecule has 0 spiro atoms. The van der Waals surface area contributed by atoms with E-state index in [0.29, 0.717) is 0 Å². The van der Waals surface area contributed by atoms with Crippen molar-refractivity contribution in [3.63, 3.8) is 0 Å². The fourth-order valence-corrected chi connectivity index (χ4v) is 3.71. The smallest absolute Gasteiger partial charge is 0.343 e. The van der Waals surface area contributed by atoms with Gasteiger partial charge in [0.15, 0.2) is 0 Å². The van der Waals surface area contributed by atoms with Crippen molar-refractivity contribution in [2.75, 3.05) is 13.6 Å². The molecule has 0 radical (unpaired) electrons. The number of benzene rings is 2. The van der Waals surface area contributed by atoms with Crippen molar-refractivity contribution in [1.82, 2.24) is 15.2 Å². The predicted molar refractivity (Wildman–Crippen MR) is 105 cm³/mol. The zero-order chi connectivity index (χ0) is 21.2. The lowest BCUT2D eigenvalue weighted by atomic mass is 10.1. The van der Waals surface area contributed by atoms with E-state index in [0.717, 1.165) is 39.5 Å². The molecule has 0 aliphatic carbocycles. The number of hydrogen-bond donors (Lipinski definition) is 1. The first-order chi connectivity index (χ1) is 13.7. The molecule has 2 aromatic carbocycles. The number of carbonyl (C=O) groups excluding carboxylic acids is 2. The second kappa shape index (κ2) is 8.20. The zero-order valence-corrected chi connectivity index (χ0v) is 16.5. The molecule has 29 heavy (non-hydrogen) atoms. The number of amides is 2. The highest BCUT2D eigenvalue weighted by molar-refractivity contribution is 7.18. The topological polar surface area (TPSA) is 62.3 Å². The molecule has 1 atom stereocenters. The summed E-state index contributed by atoms with van der Waals surface area (Å²) in [6, 6.07) is 11.2. The third kappa shape index (κ3) is 4.73. The zero-order valence-electron chi connectivity index (χ0n) is 15.7. The molecule has 1 aromatic heterocycles. The molecule has 0 saturated carbocycles. The summed E-state index contributed by atoms with van der Waals surface area (Å²) in [4.78, 5) is 30.6. The van der Waals surface area contributed by atoms with E-state index < -0.39 is 17.6 Å². The molecule has 0 bridgehead atoms. The van der Waals surface area contributed by atoms with Gasteiger partial charge in [0.25, 0.3) is 5.91 Å². The van der Waals surface area contributed by atoms with Gasteiger partial charge in [0.1, 0.15) is 5.01 Å². The van der Waals surface area contributed by atoms with Crippen molar-refractivity contribution in [2.45, 2.75) is 19.1 Å². The summed E-state index contributed by atoms with van der Waals surface area (Å²) in [5.74, 6) is -0.954. The van der Waals surface area contributed by atoms with E-state index in [1.807, 2.05) is 31.2 Å². The highest BCUT2D eigenvalue weighted by Gasteiger charge is 2.30. The Labute approximate surface area is 169 Å². The van der Waals surface area contributed by atoms with Crippen LogP contribution in [0, 0.1) is 0 Å². The Balaban J connectivity index is 1.59. The minimum Gasteiger partial charge on any atom is -0.343 e. The average Bonchev–Trinajstić information content (AvgIpc) is 3.14. The molecular weight excluding hydrogens is 403 g/mol. The lowest BCUT2D eigenvalue weighted by Gasteiger charge is -2.23. The number of fused-ring (bicyclic) bond motifs is 1. The quantitative estimate of drug-likeness (QED) is 0.670. The molecule has 0 aliphatic rings. The van der Waals surface area contributed by atoms with Gasteiger partial charge in [-0.25, -0.2) is 4.98 Å². The number of aromatic nitrogens is 1. The maximum absolute atomic E-state index is 12.6. The third-order valence-electron chi connectivity index (χ3n) is 4.52. The van der Waals surface area contributed by atoms with Gasteiger partial charge in [-0.3, -0.25) is 9.59 Å². The van der Waals surface area contributed by atoms with E-state index in [1.54, 1.807) is 7.05 Å². The summed E-state index contributed by atoms with van der Waals surface area (Å²) >= 11 is 1.49. The molecule has 5 nitrogen and oxygen atoms in total. The van der Waals surface area contributed by atoms with Crippen LogP contribution < -0.4 is 5.32 Å².